The average molecular weight is 549 g/mol. The minimum atomic E-state index is -3.52. The molecule has 2 aromatic heterocycles. The lowest BCUT2D eigenvalue weighted by Crippen LogP contribution is -2.39. The minimum absolute atomic E-state index is 0. The standard InChI is InChI=1S/C15H21ClN4O2S3.HI/c1-2-17-15(18-8-7-12-4-3-11-23-12)19-9-10-20-25(21,22)14-6-5-13(16)24-14;/h3-6,11,20H,2,7-10H2,1H3,(H2,17,18,19);1H. The van der Waals surface area contributed by atoms with E-state index >= 15 is 0 Å². The zero-order valence-corrected chi connectivity index (χ0v) is 19.7. The van der Waals surface area contributed by atoms with Crippen molar-refractivity contribution in [2.45, 2.75) is 17.6 Å². The summed E-state index contributed by atoms with van der Waals surface area (Å²) in [5.74, 6) is 0.678. The van der Waals surface area contributed by atoms with Crippen LogP contribution in [0.2, 0.25) is 4.34 Å². The van der Waals surface area contributed by atoms with Crippen molar-refractivity contribution in [3.63, 3.8) is 0 Å². The minimum Gasteiger partial charge on any atom is -0.357 e. The lowest BCUT2D eigenvalue weighted by Gasteiger charge is -2.11. The molecule has 0 aromatic carbocycles. The number of aliphatic imine (C=N–C) groups is 1. The molecule has 0 aliphatic carbocycles. The maximum Gasteiger partial charge on any atom is 0.250 e. The van der Waals surface area contributed by atoms with Gasteiger partial charge in [0, 0.05) is 24.5 Å². The van der Waals surface area contributed by atoms with E-state index in [4.69, 9.17) is 11.6 Å². The molecule has 0 aliphatic rings. The Morgan fingerprint density at radius 2 is 2.04 bits per heavy atom. The lowest BCUT2D eigenvalue weighted by molar-refractivity contribution is 0.584. The zero-order valence-electron chi connectivity index (χ0n) is 14.2. The zero-order chi connectivity index (χ0) is 18.1. The molecule has 0 aliphatic heterocycles. The summed E-state index contributed by atoms with van der Waals surface area (Å²) in [6, 6.07) is 7.20. The van der Waals surface area contributed by atoms with E-state index in [1.54, 1.807) is 17.4 Å². The fourth-order valence-electron chi connectivity index (χ4n) is 1.96. The Labute approximate surface area is 184 Å². The van der Waals surface area contributed by atoms with Gasteiger partial charge in [-0.2, -0.15) is 0 Å². The van der Waals surface area contributed by atoms with E-state index in [0.717, 1.165) is 30.8 Å². The quantitative estimate of drug-likeness (QED) is 0.195. The third-order valence-electron chi connectivity index (χ3n) is 3.08. The van der Waals surface area contributed by atoms with Gasteiger partial charge in [0.05, 0.1) is 10.9 Å². The van der Waals surface area contributed by atoms with E-state index in [1.807, 2.05) is 13.0 Å². The van der Waals surface area contributed by atoms with Crippen LogP contribution in [0.25, 0.3) is 0 Å². The van der Waals surface area contributed by atoms with Crippen molar-refractivity contribution >= 4 is 74.2 Å². The van der Waals surface area contributed by atoms with Gasteiger partial charge < -0.3 is 10.6 Å². The first-order valence-corrected chi connectivity index (χ1v) is 11.4. The molecule has 0 saturated heterocycles. The molecule has 0 unspecified atom stereocenters. The summed E-state index contributed by atoms with van der Waals surface area (Å²) in [4.78, 5) is 5.69. The summed E-state index contributed by atoms with van der Waals surface area (Å²) in [6.07, 6.45) is 0.924. The van der Waals surface area contributed by atoms with Crippen molar-refractivity contribution in [1.29, 1.82) is 0 Å². The molecule has 6 nitrogen and oxygen atoms in total. The Kier molecular flexibility index (Phi) is 11.0. The molecule has 2 heterocycles. The van der Waals surface area contributed by atoms with Gasteiger partial charge in [-0.3, -0.25) is 4.99 Å². The molecule has 2 aromatic rings. The Morgan fingerprint density at radius 3 is 2.65 bits per heavy atom. The van der Waals surface area contributed by atoms with Gasteiger partial charge in [-0.15, -0.1) is 46.7 Å². The molecule has 0 atom stereocenters. The molecule has 0 spiro atoms. The Balaban J connectivity index is 0.00000338. The maximum atomic E-state index is 12.1. The van der Waals surface area contributed by atoms with E-state index in [2.05, 4.69) is 31.8 Å². The summed E-state index contributed by atoms with van der Waals surface area (Å²) in [6.45, 7) is 4.06. The van der Waals surface area contributed by atoms with Crippen LogP contribution in [0.5, 0.6) is 0 Å². The van der Waals surface area contributed by atoms with E-state index in [9.17, 15) is 8.42 Å². The number of rotatable bonds is 9. The first-order valence-electron chi connectivity index (χ1n) is 7.81. The van der Waals surface area contributed by atoms with Crippen LogP contribution in [0.15, 0.2) is 38.8 Å². The Bertz CT molecular complexity index is 779. The van der Waals surface area contributed by atoms with Gasteiger partial charge in [0.2, 0.25) is 10.0 Å². The highest BCUT2D eigenvalue weighted by molar-refractivity contribution is 14.0. The average Bonchev–Trinajstić information content (AvgIpc) is 3.23. The molecule has 146 valence electrons. The fourth-order valence-corrected chi connectivity index (χ4v) is 5.22. The Morgan fingerprint density at radius 1 is 1.23 bits per heavy atom. The molecular formula is C15H22ClIN4O2S3. The molecule has 11 heteroatoms. The number of guanidine groups is 1. The number of sulfonamides is 1. The number of nitrogens with one attached hydrogen (secondary N) is 3. The van der Waals surface area contributed by atoms with Gasteiger partial charge >= 0.3 is 0 Å². The second-order valence-corrected chi connectivity index (χ2v) is 9.71. The van der Waals surface area contributed by atoms with Crippen LogP contribution >= 0.6 is 58.3 Å². The van der Waals surface area contributed by atoms with Gasteiger partial charge in [0.1, 0.15) is 4.21 Å². The third-order valence-corrected chi connectivity index (χ3v) is 7.20. The number of hydrogen-bond donors (Lipinski definition) is 3. The van der Waals surface area contributed by atoms with Crippen LogP contribution in [-0.2, 0) is 16.4 Å². The highest BCUT2D eigenvalue weighted by Gasteiger charge is 2.15. The highest BCUT2D eigenvalue weighted by Crippen LogP contribution is 2.25. The molecule has 0 saturated carbocycles. The molecule has 3 N–H and O–H groups in total. The molecule has 0 bridgehead atoms. The van der Waals surface area contributed by atoms with Crippen molar-refractivity contribution in [3.8, 4) is 0 Å². The largest absolute Gasteiger partial charge is 0.357 e. The first kappa shape index (κ1) is 23.6. The SMILES string of the molecule is CCNC(=NCCNS(=O)(=O)c1ccc(Cl)s1)NCCc1cccs1.I. The van der Waals surface area contributed by atoms with E-state index in [0.29, 0.717) is 16.8 Å². The summed E-state index contributed by atoms with van der Waals surface area (Å²) >= 11 is 8.54. The van der Waals surface area contributed by atoms with Gasteiger partial charge in [0.25, 0.3) is 0 Å². The number of hydrogen-bond acceptors (Lipinski definition) is 5. The third kappa shape index (κ3) is 8.09. The van der Waals surface area contributed by atoms with E-state index < -0.39 is 10.0 Å². The number of halogens is 2. The van der Waals surface area contributed by atoms with Crippen LogP contribution in [-0.4, -0.2) is 40.6 Å². The van der Waals surface area contributed by atoms with E-state index in [-0.39, 0.29) is 34.7 Å². The van der Waals surface area contributed by atoms with Crippen molar-refractivity contribution < 1.29 is 8.42 Å². The van der Waals surface area contributed by atoms with Gasteiger partial charge in [-0.05, 0) is 36.9 Å². The van der Waals surface area contributed by atoms with Crippen LogP contribution < -0.4 is 15.4 Å². The van der Waals surface area contributed by atoms with E-state index in [1.165, 1.54) is 10.9 Å². The number of nitrogens with zero attached hydrogens (tertiary/aromatic N) is 1. The topological polar surface area (TPSA) is 82.6 Å². The van der Waals surface area contributed by atoms with Crippen LogP contribution in [0, 0.1) is 0 Å². The predicted octanol–water partition coefficient (Wildman–Crippen LogP) is 3.16. The van der Waals surface area contributed by atoms with Gasteiger partial charge in [-0.25, -0.2) is 13.1 Å². The second-order valence-electron chi connectivity index (χ2n) is 4.97. The van der Waals surface area contributed by atoms with Gasteiger partial charge in [-0.1, -0.05) is 17.7 Å². The number of thiophene rings is 2. The molecule has 0 radical (unpaired) electrons. The van der Waals surface area contributed by atoms with Crippen LogP contribution in [0.3, 0.4) is 0 Å². The summed E-state index contributed by atoms with van der Waals surface area (Å²) in [5, 5.41) is 8.45. The molecule has 2 rings (SSSR count). The summed E-state index contributed by atoms with van der Waals surface area (Å²) < 4.78 is 27.3. The summed E-state index contributed by atoms with van der Waals surface area (Å²) in [7, 11) is -3.52. The van der Waals surface area contributed by atoms with Crippen LogP contribution in [0.4, 0.5) is 0 Å². The van der Waals surface area contributed by atoms with Crippen LogP contribution in [0.1, 0.15) is 11.8 Å². The highest BCUT2D eigenvalue weighted by atomic mass is 127. The summed E-state index contributed by atoms with van der Waals surface area (Å²) in [5.41, 5.74) is 0. The second kappa shape index (κ2) is 12.1. The lowest BCUT2D eigenvalue weighted by atomic mass is 10.3. The predicted molar refractivity (Wildman–Crippen MR) is 122 cm³/mol. The molecule has 0 amide bonds. The Hall–Kier alpha value is -0.400. The van der Waals surface area contributed by atoms with Gasteiger partial charge in [0.15, 0.2) is 5.96 Å². The maximum absolute atomic E-state index is 12.1. The normalized spacial score (nSPS) is 11.8. The van der Waals surface area contributed by atoms with Crippen molar-refractivity contribution in [2.24, 2.45) is 4.99 Å². The fraction of sp³-hybridized carbons (Fsp3) is 0.400. The molecule has 26 heavy (non-hydrogen) atoms. The monoisotopic (exact) mass is 548 g/mol. The van der Waals surface area contributed by atoms with Crippen molar-refractivity contribution in [1.82, 2.24) is 15.4 Å². The smallest absolute Gasteiger partial charge is 0.250 e. The molecule has 0 fully saturated rings. The van der Waals surface area contributed by atoms with Crippen molar-refractivity contribution in [3.05, 3.63) is 38.9 Å². The molecular weight excluding hydrogens is 527 g/mol. The first-order chi connectivity index (χ1) is 12.0. The van der Waals surface area contributed by atoms with Crippen molar-refractivity contribution in [2.75, 3.05) is 26.2 Å².